The number of ether oxygens (including phenoxy) is 6. The standard InChI is InChI=1S/C23H39N3O10/c1-11(25-21(30)36-22(3,4)5)18(28)26-13(10-14(27)24-12(2)19(29)32-9)15-16(31-8)17-20(33-15)35-23(6,7)34-17/h11-13,15-17,20H,10H2,1-9H3,(H,24,27)(H,25,30)(H,26,28)/t11-,12-,13+,15+,16+,17+,20+/m0/s1. The Morgan fingerprint density at radius 3 is 2.17 bits per heavy atom. The van der Waals surface area contributed by atoms with E-state index >= 15 is 0 Å². The average molecular weight is 518 g/mol. The number of carbonyl (C=O) groups is 4. The van der Waals surface area contributed by atoms with Crippen molar-refractivity contribution in [3.63, 3.8) is 0 Å². The van der Waals surface area contributed by atoms with Crippen molar-refractivity contribution in [2.75, 3.05) is 14.2 Å². The molecule has 0 spiro atoms. The molecule has 3 N–H and O–H groups in total. The maximum Gasteiger partial charge on any atom is 0.408 e. The van der Waals surface area contributed by atoms with Crippen molar-refractivity contribution < 1.29 is 47.6 Å². The minimum Gasteiger partial charge on any atom is -0.467 e. The van der Waals surface area contributed by atoms with E-state index in [1.54, 1.807) is 34.6 Å². The highest BCUT2D eigenvalue weighted by Crippen LogP contribution is 2.39. The van der Waals surface area contributed by atoms with Gasteiger partial charge in [-0.25, -0.2) is 9.59 Å². The molecule has 2 heterocycles. The molecule has 2 saturated heterocycles. The van der Waals surface area contributed by atoms with Crippen LogP contribution in [0.3, 0.4) is 0 Å². The van der Waals surface area contributed by atoms with E-state index in [0.717, 1.165) is 0 Å². The third kappa shape index (κ3) is 8.02. The highest BCUT2D eigenvalue weighted by Gasteiger charge is 2.57. The lowest BCUT2D eigenvalue weighted by Crippen LogP contribution is -2.56. The molecule has 3 amide bonds. The molecule has 13 heteroatoms. The molecular formula is C23H39N3O10. The van der Waals surface area contributed by atoms with Crippen molar-refractivity contribution in [1.29, 1.82) is 0 Å². The number of hydrogen-bond acceptors (Lipinski definition) is 10. The van der Waals surface area contributed by atoms with E-state index in [9.17, 15) is 19.2 Å². The monoisotopic (exact) mass is 517 g/mol. The van der Waals surface area contributed by atoms with Crippen LogP contribution >= 0.6 is 0 Å². The van der Waals surface area contributed by atoms with Gasteiger partial charge in [0.15, 0.2) is 12.1 Å². The van der Waals surface area contributed by atoms with Crippen LogP contribution in [-0.2, 0) is 42.8 Å². The Labute approximate surface area is 211 Å². The lowest BCUT2D eigenvalue weighted by Gasteiger charge is -2.31. The molecule has 13 nitrogen and oxygen atoms in total. The maximum absolute atomic E-state index is 13.0. The van der Waals surface area contributed by atoms with E-state index in [2.05, 4.69) is 20.7 Å². The number of esters is 1. The summed E-state index contributed by atoms with van der Waals surface area (Å²) in [6.45, 7) is 11.5. The van der Waals surface area contributed by atoms with Crippen LogP contribution in [-0.4, -0.2) is 92.2 Å². The van der Waals surface area contributed by atoms with Gasteiger partial charge in [0.25, 0.3) is 0 Å². The minimum absolute atomic E-state index is 0.264. The number of nitrogens with one attached hydrogen (secondary N) is 3. The Hall–Kier alpha value is -2.48. The van der Waals surface area contributed by atoms with Crippen molar-refractivity contribution in [1.82, 2.24) is 16.0 Å². The SMILES string of the molecule is COC(=O)[C@H](C)NC(=O)C[C@@H](NC(=O)[C@H](C)NC(=O)OC(C)(C)C)[C@H]1O[C@@H]2OC(C)(C)O[C@@H]2[C@@H]1OC. The van der Waals surface area contributed by atoms with E-state index < -0.39 is 78.0 Å². The zero-order valence-corrected chi connectivity index (χ0v) is 22.3. The molecule has 0 aromatic carbocycles. The van der Waals surface area contributed by atoms with Crippen LogP contribution in [0.2, 0.25) is 0 Å². The molecule has 0 bridgehead atoms. The second-order valence-corrected chi connectivity index (χ2v) is 10.3. The van der Waals surface area contributed by atoms with Gasteiger partial charge in [0.05, 0.1) is 13.2 Å². The van der Waals surface area contributed by atoms with Gasteiger partial charge in [0.1, 0.15) is 36.0 Å². The number of alkyl carbamates (subject to hydrolysis) is 1. The molecule has 206 valence electrons. The minimum atomic E-state index is -0.993. The van der Waals surface area contributed by atoms with E-state index in [1.165, 1.54) is 28.1 Å². The summed E-state index contributed by atoms with van der Waals surface area (Å²) in [5.41, 5.74) is -0.744. The fraction of sp³-hybridized carbons (Fsp3) is 0.826. The molecule has 0 aromatic rings. The maximum atomic E-state index is 13.0. The predicted octanol–water partition coefficient (Wildman–Crippen LogP) is 0.344. The first kappa shape index (κ1) is 29.7. The van der Waals surface area contributed by atoms with Gasteiger partial charge in [-0.3, -0.25) is 9.59 Å². The van der Waals surface area contributed by atoms with Crippen molar-refractivity contribution in [3.05, 3.63) is 0 Å². The average Bonchev–Trinajstić information content (AvgIpc) is 3.21. The predicted molar refractivity (Wildman–Crippen MR) is 124 cm³/mol. The molecule has 0 radical (unpaired) electrons. The topological polar surface area (TPSA) is 160 Å². The fourth-order valence-corrected chi connectivity index (χ4v) is 3.94. The van der Waals surface area contributed by atoms with E-state index in [-0.39, 0.29) is 6.42 Å². The summed E-state index contributed by atoms with van der Waals surface area (Å²) in [6, 6.07) is -2.81. The van der Waals surface area contributed by atoms with Gasteiger partial charge in [-0.15, -0.1) is 0 Å². The first-order valence-corrected chi connectivity index (χ1v) is 11.8. The lowest BCUT2D eigenvalue weighted by molar-refractivity contribution is -0.220. The quantitative estimate of drug-likeness (QED) is 0.364. The third-order valence-corrected chi connectivity index (χ3v) is 5.49. The Morgan fingerprint density at radius 1 is 0.972 bits per heavy atom. The van der Waals surface area contributed by atoms with Crippen molar-refractivity contribution >= 4 is 23.9 Å². The second-order valence-electron chi connectivity index (χ2n) is 10.3. The number of rotatable bonds is 9. The first-order valence-electron chi connectivity index (χ1n) is 11.8. The Kier molecular flexibility index (Phi) is 9.68. The summed E-state index contributed by atoms with van der Waals surface area (Å²) in [6.07, 6.45) is -3.91. The molecule has 0 aliphatic carbocycles. The Balaban J connectivity index is 2.17. The Bertz CT molecular complexity index is 827. The zero-order valence-electron chi connectivity index (χ0n) is 22.3. The van der Waals surface area contributed by atoms with Crippen LogP contribution in [0, 0.1) is 0 Å². The summed E-state index contributed by atoms with van der Waals surface area (Å²) < 4.78 is 33.1. The Morgan fingerprint density at radius 2 is 1.61 bits per heavy atom. The largest absolute Gasteiger partial charge is 0.467 e. The molecule has 7 atom stereocenters. The number of methoxy groups -OCH3 is 2. The smallest absolute Gasteiger partial charge is 0.408 e. The zero-order chi connectivity index (χ0) is 27.4. The second kappa shape index (κ2) is 11.7. The summed E-state index contributed by atoms with van der Waals surface area (Å²) in [4.78, 5) is 49.5. The molecule has 0 aromatic heterocycles. The lowest BCUT2D eigenvalue weighted by atomic mass is 9.99. The molecular weight excluding hydrogens is 478 g/mol. The van der Waals surface area contributed by atoms with Crippen LogP contribution in [0.5, 0.6) is 0 Å². The molecule has 2 aliphatic rings. The molecule has 36 heavy (non-hydrogen) atoms. The summed E-state index contributed by atoms with van der Waals surface area (Å²) in [5, 5.41) is 7.73. The molecule has 2 aliphatic heterocycles. The normalized spacial score (nSPS) is 27.2. The van der Waals surface area contributed by atoms with Gasteiger partial charge < -0.3 is 44.4 Å². The van der Waals surface area contributed by atoms with Crippen molar-refractivity contribution in [2.24, 2.45) is 0 Å². The van der Waals surface area contributed by atoms with Gasteiger partial charge in [0, 0.05) is 13.5 Å². The van der Waals surface area contributed by atoms with Gasteiger partial charge in [-0.1, -0.05) is 0 Å². The number of hydrogen-bond donors (Lipinski definition) is 3. The number of carbonyl (C=O) groups excluding carboxylic acids is 4. The fourth-order valence-electron chi connectivity index (χ4n) is 3.94. The highest BCUT2D eigenvalue weighted by molar-refractivity contribution is 5.87. The van der Waals surface area contributed by atoms with E-state index in [1.807, 2.05) is 0 Å². The van der Waals surface area contributed by atoms with Crippen molar-refractivity contribution in [3.8, 4) is 0 Å². The number of fused-ring (bicyclic) bond motifs is 1. The van der Waals surface area contributed by atoms with Gasteiger partial charge in [-0.05, 0) is 48.5 Å². The van der Waals surface area contributed by atoms with Crippen LogP contribution in [0.4, 0.5) is 4.79 Å². The van der Waals surface area contributed by atoms with Crippen LogP contribution in [0.1, 0.15) is 54.9 Å². The third-order valence-electron chi connectivity index (χ3n) is 5.49. The summed E-state index contributed by atoms with van der Waals surface area (Å²) >= 11 is 0. The van der Waals surface area contributed by atoms with E-state index in [0.29, 0.717) is 0 Å². The van der Waals surface area contributed by atoms with Gasteiger partial charge in [0.2, 0.25) is 11.8 Å². The summed E-state index contributed by atoms with van der Waals surface area (Å²) in [5.74, 6) is -2.64. The van der Waals surface area contributed by atoms with Gasteiger partial charge in [-0.2, -0.15) is 0 Å². The summed E-state index contributed by atoms with van der Waals surface area (Å²) in [7, 11) is 2.67. The van der Waals surface area contributed by atoms with Gasteiger partial charge >= 0.3 is 12.1 Å². The first-order chi connectivity index (χ1) is 16.6. The molecule has 2 rings (SSSR count). The van der Waals surface area contributed by atoms with Crippen LogP contribution < -0.4 is 16.0 Å². The van der Waals surface area contributed by atoms with Crippen molar-refractivity contribution in [2.45, 2.75) is 109 Å². The van der Waals surface area contributed by atoms with E-state index in [4.69, 9.17) is 23.7 Å². The van der Waals surface area contributed by atoms with Crippen LogP contribution in [0.15, 0.2) is 0 Å². The molecule has 0 unspecified atom stereocenters. The molecule has 0 saturated carbocycles. The number of amides is 3. The highest BCUT2D eigenvalue weighted by atomic mass is 16.8. The van der Waals surface area contributed by atoms with Crippen LogP contribution in [0.25, 0.3) is 0 Å². The molecule has 2 fully saturated rings.